The lowest BCUT2D eigenvalue weighted by Gasteiger charge is -2.17. The van der Waals surface area contributed by atoms with E-state index in [1.165, 1.54) is 0 Å². The largest absolute Gasteiger partial charge is 0.371 e. The van der Waals surface area contributed by atoms with Crippen molar-refractivity contribution >= 4 is 43.9 Å². The van der Waals surface area contributed by atoms with Crippen LogP contribution < -0.4 is 10.2 Å². The van der Waals surface area contributed by atoms with Gasteiger partial charge in [-0.3, -0.25) is 9.78 Å². The predicted molar refractivity (Wildman–Crippen MR) is 120 cm³/mol. The Morgan fingerprint density at radius 2 is 2.00 bits per heavy atom. The lowest BCUT2D eigenvalue weighted by atomic mass is 10.1. The molecule has 5 rings (SSSR count). The van der Waals surface area contributed by atoms with Crippen LogP contribution in [0.1, 0.15) is 35.1 Å². The molecule has 0 saturated heterocycles. The van der Waals surface area contributed by atoms with Gasteiger partial charge in [0, 0.05) is 53.1 Å². The van der Waals surface area contributed by atoms with Crippen molar-refractivity contribution in [2.24, 2.45) is 0 Å². The van der Waals surface area contributed by atoms with E-state index in [0.29, 0.717) is 12.5 Å². The first-order chi connectivity index (χ1) is 14.0. The second kappa shape index (κ2) is 6.81. The predicted octanol–water partition coefficient (Wildman–Crippen LogP) is 4.81. The van der Waals surface area contributed by atoms with Gasteiger partial charge in [0.2, 0.25) is 0 Å². The van der Waals surface area contributed by atoms with E-state index in [2.05, 4.69) is 59.4 Å². The van der Waals surface area contributed by atoms with Crippen LogP contribution in [0.25, 0.3) is 32.2 Å². The molecule has 0 atom stereocenters. The highest BCUT2D eigenvalue weighted by Crippen LogP contribution is 2.42. The van der Waals surface area contributed by atoms with Gasteiger partial charge in [-0.25, -0.2) is 4.98 Å². The molecule has 0 bridgehead atoms. The Hall–Kier alpha value is -2.99. The van der Waals surface area contributed by atoms with Gasteiger partial charge in [0.15, 0.2) is 0 Å². The Kier molecular flexibility index (Phi) is 4.24. The molecule has 146 valence electrons. The van der Waals surface area contributed by atoms with Crippen molar-refractivity contribution in [2.75, 3.05) is 25.0 Å². The Labute approximate surface area is 173 Å². The van der Waals surface area contributed by atoms with Gasteiger partial charge in [0.1, 0.15) is 4.88 Å². The lowest BCUT2D eigenvalue weighted by molar-refractivity contribution is 0.0962. The average molecular weight is 403 g/mol. The van der Waals surface area contributed by atoms with Crippen molar-refractivity contribution in [2.45, 2.75) is 19.8 Å². The quantitative estimate of drug-likeness (QED) is 0.522. The monoisotopic (exact) mass is 402 g/mol. The van der Waals surface area contributed by atoms with Crippen LogP contribution >= 0.6 is 11.3 Å². The van der Waals surface area contributed by atoms with Gasteiger partial charge in [-0.05, 0) is 42.3 Å². The van der Waals surface area contributed by atoms with Crippen LogP contribution in [-0.4, -0.2) is 36.0 Å². The molecule has 1 aromatic carbocycles. The average Bonchev–Trinajstić information content (AvgIpc) is 3.07. The summed E-state index contributed by atoms with van der Waals surface area (Å²) in [5, 5.41) is 5.19. The van der Waals surface area contributed by atoms with Crippen molar-refractivity contribution in [3.63, 3.8) is 0 Å². The number of pyridine rings is 2. The minimum Gasteiger partial charge on any atom is -0.371 e. The number of hydrogen-bond donors (Lipinski definition) is 1. The molecule has 0 spiro atoms. The van der Waals surface area contributed by atoms with E-state index in [9.17, 15) is 4.79 Å². The summed E-state index contributed by atoms with van der Waals surface area (Å²) in [6, 6.07) is 12.5. The Morgan fingerprint density at radius 3 is 2.76 bits per heavy atom. The number of anilines is 1. The highest BCUT2D eigenvalue weighted by atomic mass is 32.1. The Morgan fingerprint density at radius 1 is 1.14 bits per heavy atom. The second-order valence-corrected chi connectivity index (χ2v) is 8.84. The first-order valence-electron chi connectivity index (χ1n) is 9.85. The summed E-state index contributed by atoms with van der Waals surface area (Å²) in [4.78, 5) is 25.0. The third kappa shape index (κ3) is 2.95. The molecule has 1 aliphatic heterocycles. The maximum absolute atomic E-state index is 12.5. The standard InChI is InChI=1S/C23H22N4OS/c1-13(2)16-6-4-14(12-25-16)17-7-5-15-18(26-17)8-9-19-20(15)21-22(29-19)23(28)24-10-11-27(21)3/h4-9,12-13H,10-11H2,1-3H3,(H,24,28). The fraction of sp³-hybridized carbons (Fsp3) is 0.261. The summed E-state index contributed by atoms with van der Waals surface area (Å²) in [6.07, 6.45) is 1.90. The van der Waals surface area contributed by atoms with Crippen LogP contribution in [0.3, 0.4) is 0 Å². The van der Waals surface area contributed by atoms with E-state index in [4.69, 9.17) is 4.98 Å². The van der Waals surface area contributed by atoms with E-state index in [-0.39, 0.29) is 5.91 Å². The van der Waals surface area contributed by atoms with Gasteiger partial charge in [0.05, 0.1) is 16.9 Å². The number of carbonyl (C=O) groups excluding carboxylic acids is 1. The molecule has 5 nitrogen and oxygen atoms in total. The highest BCUT2D eigenvalue weighted by Gasteiger charge is 2.25. The first kappa shape index (κ1) is 18.1. The zero-order chi connectivity index (χ0) is 20.1. The van der Waals surface area contributed by atoms with Crippen LogP contribution in [0.2, 0.25) is 0 Å². The SMILES string of the molecule is CC(C)c1ccc(-c2ccc3c(ccc4sc5c(c43)N(C)CCNC5=O)n2)cn1. The van der Waals surface area contributed by atoms with Crippen molar-refractivity contribution in [1.82, 2.24) is 15.3 Å². The van der Waals surface area contributed by atoms with Crippen LogP contribution in [0.4, 0.5) is 5.69 Å². The number of nitrogens with zero attached hydrogens (tertiary/aromatic N) is 3. The van der Waals surface area contributed by atoms with Crippen molar-refractivity contribution in [1.29, 1.82) is 0 Å². The molecule has 4 heterocycles. The summed E-state index contributed by atoms with van der Waals surface area (Å²) in [5.74, 6) is 0.421. The normalized spacial score (nSPS) is 14.3. The molecule has 0 unspecified atom stereocenters. The van der Waals surface area contributed by atoms with Crippen LogP contribution in [0, 0.1) is 0 Å². The Balaban J connectivity index is 1.68. The first-order valence-corrected chi connectivity index (χ1v) is 10.7. The second-order valence-electron chi connectivity index (χ2n) is 7.79. The van der Waals surface area contributed by atoms with E-state index in [1.54, 1.807) is 11.3 Å². The number of amides is 1. The summed E-state index contributed by atoms with van der Waals surface area (Å²) in [5.41, 5.74) is 4.95. The van der Waals surface area contributed by atoms with E-state index in [1.807, 2.05) is 19.3 Å². The number of hydrogen-bond acceptors (Lipinski definition) is 5. The van der Waals surface area contributed by atoms with Gasteiger partial charge < -0.3 is 10.2 Å². The summed E-state index contributed by atoms with van der Waals surface area (Å²) in [6.45, 7) is 5.73. The molecule has 0 saturated carbocycles. The summed E-state index contributed by atoms with van der Waals surface area (Å²) >= 11 is 1.55. The molecule has 0 fully saturated rings. The molecular formula is C23H22N4OS. The molecule has 1 aliphatic rings. The maximum atomic E-state index is 12.5. The lowest BCUT2D eigenvalue weighted by Crippen LogP contribution is -2.27. The maximum Gasteiger partial charge on any atom is 0.263 e. The van der Waals surface area contributed by atoms with Gasteiger partial charge in [-0.15, -0.1) is 11.3 Å². The smallest absolute Gasteiger partial charge is 0.263 e. The number of thiophene rings is 1. The van der Waals surface area contributed by atoms with Gasteiger partial charge in [-0.2, -0.15) is 0 Å². The number of nitrogens with one attached hydrogen (secondary N) is 1. The van der Waals surface area contributed by atoms with E-state index in [0.717, 1.165) is 55.0 Å². The summed E-state index contributed by atoms with van der Waals surface area (Å²) in [7, 11) is 2.05. The molecule has 6 heteroatoms. The highest BCUT2D eigenvalue weighted by molar-refractivity contribution is 7.21. The van der Waals surface area contributed by atoms with E-state index < -0.39 is 0 Å². The molecule has 29 heavy (non-hydrogen) atoms. The molecule has 1 amide bonds. The molecule has 4 aromatic rings. The van der Waals surface area contributed by atoms with Crippen LogP contribution in [-0.2, 0) is 0 Å². The molecule has 0 radical (unpaired) electrons. The van der Waals surface area contributed by atoms with Gasteiger partial charge >= 0.3 is 0 Å². The number of rotatable bonds is 2. The molecule has 1 N–H and O–H groups in total. The number of aromatic nitrogens is 2. The zero-order valence-electron chi connectivity index (χ0n) is 16.7. The third-order valence-electron chi connectivity index (χ3n) is 5.49. The fourth-order valence-corrected chi connectivity index (χ4v) is 5.08. The van der Waals surface area contributed by atoms with Crippen molar-refractivity contribution in [3.05, 3.63) is 53.2 Å². The number of carbonyl (C=O) groups is 1. The third-order valence-corrected chi connectivity index (χ3v) is 6.63. The van der Waals surface area contributed by atoms with Crippen molar-refractivity contribution in [3.8, 4) is 11.3 Å². The minimum atomic E-state index is 0.0135. The molecule has 3 aromatic heterocycles. The molecule has 0 aliphatic carbocycles. The topological polar surface area (TPSA) is 58.1 Å². The minimum absolute atomic E-state index is 0.0135. The van der Waals surface area contributed by atoms with Crippen molar-refractivity contribution < 1.29 is 4.79 Å². The molecular weight excluding hydrogens is 380 g/mol. The number of fused-ring (bicyclic) bond motifs is 5. The zero-order valence-corrected chi connectivity index (χ0v) is 17.5. The number of likely N-dealkylation sites (N-methyl/N-ethyl adjacent to an activating group) is 1. The fourth-order valence-electron chi connectivity index (χ4n) is 3.89. The van der Waals surface area contributed by atoms with Crippen LogP contribution in [0.5, 0.6) is 0 Å². The van der Waals surface area contributed by atoms with Gasteiger partial charge in [0.25, 0.3) is 5.91 Å². The Bertz CT molecular complexity index is 1240. The van der Waals surface area contributed by atoms with E-state index >= 15 is 0 Å². The van der Waals surface area contributed by atoms with Gasteiger partial charge in [-0.1, -0.05) is 13.8 Å². The van der Waals surface area contributed by atoms with Crippen LogP contribution in [0.15, 0.2) is 42.6 Å². The number of benzene rings is 1. The summed E-state index contributed by atoms with van der Waals surface area (Å²) < 4.78 is 1.11.